The monoisotopic (exact) mass is 410 g/mol. The van der Waals surface area contributed by atoms with Crippen molar-refractivity contribution >= 4 is 18.0 Å². The second-order valence-corrected chi connectivity index (χ2v) is 8.10. The molecule has 1 rings (SSSR count). The summed E-state index contributed by atoms with van der Waals surface area (Å²) in [6.45, 7) is 8.55. The van der Waals surface area contributed by atoms with Crippen LogP contribution >= 0.6 is 0 Å². The Balaban J connectivity index is 2.80. The summed E-state index contributed by atoms with van der Waals surface area (Å²) in [6.07, 6.45) is -0.209. The van der Waals surface area contributed by atoms with E-state index in [2.05, 4.69) is 10.6 Å². The van der Waals surface area contributed by atoms with Crippen LogP contribution in [0.4, 0.5) is 9.18 Å². The Kier molecular flexibility index (Phi) is 9.07. The number of rotatable bonds is 8. The molecule has 0 fully saturated rings. The number of hydrogen-bond acceptors (Lipinski definition) is 5. The maximum absolute atomic E-state index is 13.0. The zero-order chi connectivity index (χ0) is 22.2. The average Bonchev–Trinajstić information content (AvgIpc) is 2.60. The molecule has 0 aliphatic rings. The molecule has 7 nitrogen and oxygen atoms in total. The van der Waals surface area contributed by atoms with Crippen LogP contribution in [0.1, 0.15) is 46.6 Å². The Bertz CT molecular complexity index is 700. The lowest BCUT2D eigenvalue weighted by Gasteiger charge is -2.25. The molecular weight excluding hydrogens is 379 g/mol. The van der Waals surface area contributed by atoms with Gasteiger partial charge < -0.3 is 20.1 Å². The van der Waals surface area contributed by atoms with Gasteiger partial charge in [-0.1, -0.05) is 19.1 Å². The number of carbonyl (C=O) groups excluding carboxylic acids is 3. The standard InChI is InChI=1S/C21H31FN2O5/c1-13(19(26)28-6)11-17(24-20(27)29-21(3,4)5)18(25)23-14(2)12-15-7-9-16(22)10-8-15/h7-10,13-14,17H,11-12H2,1-6H3,(H,23,25)(H,24,27)/t13-,14?,17-/m0/s1. The molecule has 3 atom stereocenters. The SMILES string of the molecule is COC(=O)[C@@H](C)C[C@H](NC(=O)OC(C)(C)C)C(=O)NC(C)Cc1ccc(F)cc1. The van der Waals surface area contributed by atoms with Crippen molar-refractivity contribution in [2.75, 3.05) is 7.11 Å². The summed E-state index contributed by atoms with van der Waals surface area (Å²) in [6, 6.07) is 4.75. The normalized spacial score (nSPS) is 14.3. The molecule has 2 amide bonds. The van der Waals surface area contributed by atoms with Crippen molar-refractivity contribution in [2.45, 2.75) is 65.1 Å². The van der Waals surface area contributed by atoms with Crippen molar-refractivity contribution in [3.63, 3.8) is 0 Å². The molecule has 0 spiro atoms. The molecule has 2 N–H and O–H groups in total. The topological polar surface area (TPSA) is 93.7 Å². The van der Waals surface area contributed by atoms with E-state index in [1.54, 1.807) is 46.8 Å². The summed E-state index contributed by atoms with van der Waals surface area (Å²) in [5, 5.41) is 5.35. The number of methoxy groups -OCH3 is 1. The highest BCUT2D eigenvalue weighted by Crippen LogP contribution is 2.12. The molecule has 0 aromatic heterocycles. The molecule has 0 aliphatic heterocycles. The fraction of sp³-hybridized carbons (Fsp3) is 0.571. The molecule has 8 heteroatoms. The second kappa shape index (κ2) is 10.8. The van der Waals surface area contributed by atoms with Crippen LogP contribution in [0.15, 0.2) is 24.3 Å². The number of nitrogens with one attached hydrogen (secondary N) is 2. The zero-order valence-corrected chi connectivity index (χ0v) is 17.9. The molecule has 1 aromatic rings. The van der Waals surface area contributed by atoms with Crippen LogP contribution in [0.3, 0.4) is 0 Å². The van der Waals surface area contributed by atoms with Crippen molar-refractivity contribution < 1.29 is 28.2 Å². The molecule has 0 bridgehead atoms. The minimum absolute atomic E-state index is 0.0566. The number of ether oxygens (including phenoxy) is 2. The maximum Gasteiger partial charge on any atom is 0.408 e. The van der Waals surface area contributed by atoms with E-state index in [4.69, 9.17) is 9.47 Å². The third kappa shape index (κ3) is 9.40. The van der Waals surface area contributed by atoms with E-state index in [0.717, 1.165) is 5.56 Å². The minimum atomic E-state index is -0.977. The van der Waals surface area contributed by atoms with Crippen LogP contribution in [-0.2, 0) is 25.5 Å². The molecule has 29 heavy (non-hydrogen) atoms. The number of hydrogen-bond donors (Lipinski definition) is 2. The first-order valence-corrected chi connectivity index (χ1v) is 9.53. The van der Waals surface area contributed by atoms with Crippen molar-refractivity contribution in [3.8, 4) is 0 Å². The van der Waals surface area contributed by atoms with Gasteiger partial charge in [-0.15, -0.1) is 0 Å². The molecule has 1 aromatic carbocycles. The zero-order valence-electron chi connectivity index (χ0n) is 17.9. The first-order chi connectivity index (χ1) is 13.4. The van der Waals surface area contributed by atoms with Gasteiger partial charge in [-0.2, -0.15) is 0 Å². The molecule has 0 saturated heterocycles. The first-order valence-electron chi connectivity index (χ1n) is 9.53. The average molecular weight is 410 g/mol. The Hall–Kier alpha value is -2.64. The van der Waals surface area contributed by atoms with E-state index in [0.29, 0.717) is 6.42 Å². The fourth-order valence-corrected chi connectivity index (χ4v) is 2.70. The Morgan fingerprint density at radius 2 is 1.66 bits per heavy atom. The molecule has 0 radical (unpaired) electrons. The van der Waals surface area contributed by atoms with Gasteiger partial charge in [0.25, 0.3) is 0 Å². The number of halogens is 1. The lowest BCUT2D eigenvalue weighted by molar-refractivity contribution is -0.145. The summed E-state index contributed by atoms with van der Waals surface area (Å²) < 4.78 is 23.0. The molecular formula is C21H31FN2O5. The number of benzene rings is 1. The van der Waals surface area contributed by atoms with Gasteiger partial charge in [-0.25, -0.2) is 9.18 Å². The summed E-state index contributed by atoms with van der Waals surface area (Å²) in [4.78, 5) is 36.6. The lowest BCUT2D eigenvalue weighted by atomic mass is 10.0. The van der Waals surface area contributed by atoms with Crippen LogP contribution < -0.4 is 10.6 Å². The quantitative estimate of drug-likeness (QED) is 0.643. The Morgan fingerprint density at radius 3 is 2.17 bits per heavy atom. The van der Waals surface area contributed by atoms with Gasteiger partial charge in [0.2, 0.25) is 5.91 Å². The van der Waals surface area contributed by atoms with Crippen molar-refractivity contribution in [1.29, 1.82) is 0 Å². The molecule has 0 heterocycles. The van der Waals surface area contributed by atoms with Crippen LogP contribution in [0.25, 0.3) is 0 Å². The van der Waals surface area contributed by atoms with Gasteiger partial charge in [-0.05, 0) is 58.2 Å². The number of alkyl carbamates (subject to hydrolysis) is 1. The van der Waals surface area contributed by atoms with E-state index < -0.39 is 35.5 Å². The Labute approximate surface area is 171 Å². The highest BCUT2D eigenvalue weighted by Gasteiger charge is 2.29. The van der Waals surface area contributed by atoms with Crippen LogP contribution in [0.2, 0.25) is 0 Å². The third-order valence-electron chi connectivity index (χ3n) is 4.04. The predicted molar refractivity (Wildman–Crippen MR) is 107 cm³/mol. The van der Waals surface area contributed by atoms with E-state index in [9.17, 15) is 18.8 Å². The van der Waals surface area contributed by atoms with E-state index in [1.807, 2.05) is 0 Å². The fourth-order valence-electron chi connectivity index (χ4n) is 2.70. The van der Waals surface area contributed by atoms with Gasteiger partial charge in [0.1, 0.15) is 17.5 Å². The predicted octanol–water partition coefficient (Wildman–Crippen LogP) is 2.97. The number of amides is 2. The van der Waals surface area contributed by atoms with Gasteiger partial charge >= 0.3 is 12.1 Å². The lowest BCUT2D eigenvalue weighted by Crippen LogP contribution is -2.51. The van der Waals surface area contributed by atoms with Crippen LogP contribution in [-0.4, -0.2) is 42.8 Å². The summed E-state index contributed by atoms with van der Waals surface area (Å²) in [7, 11) is 1.26. The summed E-state index contributed by atoms with van der Waals surface area (Å²) in [5.41, 5.74) is 0.133. The minimum Gasteiger partial charge on any atom is -0.469 e. The first kappa shape index (κ1) is 24.4. The van der Waals surface area contributed by atoms with Gasteiger partial charge in [0, 0.05) is 6.04 Å². The van der Waals surface area contributed by atoms with Crippen LogP contribution in [0, 0.1) is 11.7 Å². The van der Waals surface area contributed by atoms with E-state index in [1.165, 1.54) is 19.2 Å². The van der Waals surface area contributed by atoms with E-state index >= 15 is 0 Å². The van der Waals surface area contributed by atoms with E-state index in [-0.39, 0.29) is 18.3 Å². The highest BCUT2D eigenvalue weighted by atomic mass is 19.1. The Morgan fingerprint density at radius 1 is 1.07 bits per heavy atom. The maximum atomic E-state index is 13.0. The second-order valence-electron chi connectivity index (χ2n) is 8.10. The largest absolute Gasteiger partial charge is 0.469 e. The van der Waals surface area contributed by atoms with Crippen molar-refractivity contribution in [2.24, 2.45) is 5.92 Å². The van der Waals surface area contributed by atoms with Crippen LogP contribution in [0.5, 0.6) is 0 Å². The van der Waals surface area contributed by atoms with Gasteiger partial charge in [0.15, 0.2) is 0 Å². The number of esters is 1. The summed E-state index contributed by atoms with van der Waals surface area (Å²) in [5.74, 6) is -1.85. The summed E-state index contributed by atoms with van der Waals surface area (Å²) >= 11 is 0. The smallest absolute Gasteiger partial charge is 0.408 e. The molecule has 162 valence electrons. The van der Waals surface area contributed by atoms with Gasteiger partial charge in [0.05, 0.1) is 13.0 Å². The van der Waals surface area contributed by atoms with Gasteiger partial charge in [-0.3, -0.25) is 9.59 Å². The third-order valence-corrected chi connectivity index (χ3v) is 4.04. The molecule has 0 saturated carbocycles. The van der Waals surface area contributed by atoms with Crippen molar-refractivity contribution in [1.82, 2.24) is 10.6 Å². The molecule has 1 unspecified atom stereocenters. The number of carbonyl (C=O) groups is 3. The highest BCUT2D eigenvalue weighted by molar-refractivity contribution is 5.86. The van der Waals surface area contributed by atoms with Crippen molar-refractivity contribution in [3.05, 3.63) is 35.6 Å². The molecule has 0 aliphatic carbocycles.